The minimum Gasteiger partial charge on any atom is -0.383 e. The van der Waals surface area contributed by atoms with Gasteiger partial charge >= 0.3 is 0 Å². The molecule has 0 radical (unpaired) electrons. The number of aryl methyl sites for hydroxylation is 1. The molecule has 0 aliphatic heterocycles. The summed E-state index contributed by atoms with van der Waals surface area (Å²) in [5.74, 6) is -0.236. The zero-order chi connectivity index (χ0) is 19.8. The lowest BCUT2D eigenvalue weighted by molar-refractivity contribution is 0.0907. The molecule has 9 heteroatoms. The molecule has 2 N–H and O–H groups in total. The Bertz CT molecular complexity index is 1180. The number of methoxy groups -OCH3 is 1. The molecule has 0 aliphatic carbocycles. The normalized spacial score (nSPS) is 12.6. The second kappa shape index (κ2) is 7.21. The molecular formula is C19H19ClN6O2. The van der Waals surface area contributed by atoms with Crippen molar-refractivity contribution >= 4 is 39.6 Å². The molecule has 3 aromatic heterocycles. The van der Waals surface area contributed by atoms with Gasteiger partial charge in [-0.1, -0.05) is 11.6 Å². The number of nitrogens with zero attached hydrogens (tertiary/aromatic N) is 4. The van der Waals surface area contributed by atoms with Gasteiger partial charge in [0.05, 0.1) is 23.9 Å². The molecule has 28 heavy (non-hydrogen) atoms. The van der Waals surface area contributed by atoms with E-state index in [1.807, 2.05) is 32.2 Å². The van der Waals surface area contributed by atoms with E-state index < -0.39 is 0 Å². The molecule has 0 saturated carbocycles. The quantitative estimate of drug-likeness (QED) is 0.538. The molecule has 0 aliphatic rings. The van der Waals surface area contributed by atoms with Gasteiger partial charge in [0.25, 0.3) is 5.91 Å². The lowest BCUT2D eigenvalue weighted by Gasteiger charge is -2.11. The Morgan fingerprint density at radius 2 is 2.25 bits per heavy atom. The zero-order valence-corrected chi connectivity index (χ0v) is 16.4. The van der Waals surface area contributed by atoms with Crippen molar-refractivity contribution in [2.24, 2.45) is 7.05 Å². The standard InChI is InChI=1S/C19H19ClN6O2/c1-10(9-28-3)23-19(27)13-7-21-18-17(13)24-14(8-22-18)16-12-5-4-11(20)6-15(12)26(2)25-16/h4-8,10H,9H2,1-3H3,(H,21,22)(H,23,27). The van der Waals surface area contributed by atoms with Gasteiger partial charge in [0.15, 0.2) is 5.65 Å². The lowest BCUT2D eigenvalue weighted by Crippen LogP contribution is -2.35. The molecule has 4 aromatic rings. The second-order valence-corrected chi connectivity index (χ2v) is 7.05. The number of benzene rings is 1. The molecule has 0 fully saturated rings. The summed E-state index contributed by atoms with van der Waals surface area (Å²) in [5.41, 5.74) is 3.62. The van der Waals surface area contributed by atoms with Gasteiger partial charge in [-0.3, -0.25) is 9.48 Å². The number of ether oxygens (including phenoxy) is 1. The van der Waals surface area contributed by atoms with E-state index in [4.69, 9.17) is 16.3 Å². The van der Waals surface area contributed by atoms with Crippen LogP contribution in [-0.2, 0) is 11.8 Å². The fourth-order valence-corrected chi connectivity index (χ4v) is 3.36. The third-order valence-corrected chi connectivity index (χ3v) is 4.71. The number of halogens is 1. The van der Waals surface area contributed by atoms with Crippen molar-refractivity contribution in [1.82, 2.24) is 30.0 Å². The summed E-state index contributed by atoms with van der Waals surface area (Å²) in [6.07, 6.45) is 3.25. The van der Waals surface area contributed by atoms with Crippen LogP contribution in [0.25, 0.3) is 33.5 Å². The predicted octanol–water partition coefficient (Wildman–Crippen LogP) is 2.93. The first-order chi connectivity index (χ1) is 13.5. The summed E-state index contributed by atoms with van der Waals surface area (Å²) in [5, 5.41) is 9.01. The van der Waals surface area contributed by atoms with Gasteiger partial charge in [0, 0.05) is 36.8 Å². The summed E-state index contributed by atoms with van der Waals surface area (Å²) < 4.78 is 6.82. The summed E-state index contributed by atoms with van der Waals surface area (Å²) in [7, 11) is 3.44. The molecule has 4 rings (SSSR count). The first-order valence-electron chi connectivity index (χ1n) is 8.74. The number of rotatable bonds is 5. The average molecular weight is 399 g/mol. The van der Waals surface area contributed by atoms with Crippen LogP contribution in [-0.4, -0.2) is 50.4 Å². The van der Waals surface area contributed by atoms with Crippen molar-refractivity contribution in [2.45, 2.75) is 13.0 Å². The smallest absolute Gasteiger partial charge is 0.255 e. The maximum atomic E-state index is 12.6. The first-order valence-corrected chi connectivity index (χ1v) is 9.12. The van der Waals surface area contributed by atoms with Crippen molar-refractivity contribution in [2.75, 3.05) is 13.7 Å². The zero-order valence-electron chi connectivity index (χ0n) is 15.7. The van der Waals surface area contributed by atoms with Crippen LogP contribution in [0, 0.1) is 0 Å². The largest absolute Gasteiger partial charge is 0.383 e. The number of H-pyrrole nitrogens is 1. The summed E-state index contributed by atoms with van der Waals surface area (Å²) in [4.78, 5) is 24.7. The number of fused-ring (bicyclic) bond motifs is 2. The number of carbonyl (C=O) groups excluding carboxylic acids is 1. The number of hydrogen-bond acceptors (Lipinski definition) is 5. The average Bonchev–Trinajstić information content (AvgIpc) is 3.22. The minimum absolute atomic E-state index is 0.122. The van der Waals surface area contributed by atoms with Crippen molar-refractivity contribution in [3.8, 4) is 11.4 Å². The van der Waals surface area contributed by atoms with E-state index in [9.17, 15) is 4.79 Å². The summed E-state index contributed by atoms with van der Waals surface area (Å²) >= 11 is 6.10. The molecule has 1 unspecified atom stereocenters. The van der Waals surface area contributed by atoms with Gasteiger partial charge in [-0.2, -0.15) is 5.10 Å². The molecule has 1 atom stereocenters. The molecule has 0 saturated heterocycles. The predicted molar refractivity (Wildman–Crippen MR) is 107 cm³/mol. The number of amides is 1. The number of aromatic amines is 1. The van der Waals surface area contributed by atoms with E-state index in [1.165, 1.54) is 0 Å². The van der Waals surface area contributed by atoms with Gasteiger partial charge in [0.2, 0.25) is 0 Å². The van der Waals surface area contributed by atoms with E-state index in [0.29, 0.717) is 39.7 Å². The molecular weight excluding hydrogens is 380 g/mol. The highest BCUT2D eigenvalue weighted by Gasteiger charge is 2.19. The van der Waals surface area contributed by atoms with Crippen molar-refractivity contribution in [3.05, 3.63) is 41.2 Å². The topological polar surface area (TPSA) is 97.7 Å². The van der Waals surface area contributed by atoms with Crippen molar-refractivity contribution in [1.29, 1.82) is 0 Å². The van der Waals surface area contributed by atoms with Gasteiger partial charge in [-0.15, -0.1) is 0 Å². The minimum atomic E-state index is -0.236. The van der Waals surface area contributed by atoms with Crippen LogP contribution < -0.4 is 5.32 Å². The van der Waals surface area contributed by atoms with Crippen LogP contribution in [0.5, 0.6) is 0 Å². The molecule has 0 spiro atoms. The third-order valence-electron chi connectivity index (χ3n) is 4.48. The van der Waals surface area contributed by atoms with Crippen molar-refractivity contribution < 1.29 is 9.53 Å². The van der Waals surface area contributed by atoms with E-state index in [-0.39, 0.29) is 11.9 Å². The van der Waals surface area contributed by atoms with E-state index in [0.717, 1.165) is 10.9 Å². The number of carbonyl (C=O) groups is 1. The Kier molecular flexibility index (Phi) is 4.74. The Morgan fingerprint density at radius 3 is 3.04 bits per heavy atom. The molecule has 144 valence electrons. The van der Waals surface area contributed by atoms with Crippen molar-refractivity contribution in [3.63, 3.8) is 0 Å². The number of aromatic nitrogens is 5. The highest BCUT2D eigenvalue weighted by atomic mass is 35.5. The first kappa shape index (κ1) is 18.4. The Labute approximate surface area is 165 Å². The maximum Gasteiger partial charge on any atom is 0.255 e. The van der Waals surface area contributed by atoms with Gasteiger partial charge < -0.3 is 15.0 Å². The summed E-state index contributed by atoms with van der Waals surface area (Å²) in [6, 6.07) is 5.45. The fourth-order valence-electron chi connectivity index (χ4n) is 3.19. The SMILES string of the molecule is COCC(C)NC(=O)c1c[nH]c2ncc(-c3nn(C)c4cc(Cl)ccc34)nc12. The van der Waals surface area contributed by atoms with Gasteiger partial charge in [-0.25, -0.2) is 9.97 Å². The van der Waals surface area contributed by atoms with Crippen LogP contribution >= 0.6 is 11.6 Å². The van der Waals surface area contributed by atoms with Crippen LogP contribution in [0.4, 0.5) is 0 Å². The second-order valence-electron chi connectivity index (χ2n) is 6.62. The van der Waals surface area contributed by atoms with E-state index in [2.05, 4.69) is 25.4 Å². The lowest BCUT2D eigenvalue weighted by atomic mass is 10.1. The summed E-state index contributed by atoms with van der Waals surface area (Å²) in [6.45, 7) is 2.30. The monoisotopic (exact) mass is 398 g/mol. The Balaban J connectivity index is 1.77. The Morgan fingerprint density at radius 1 is 1.43 bits per heavy atom. The van der Waals surface area contributed by atoms with Crippen LogP contribution in [0.1, 0.15) is 17.3 Å². The highest BCUT2D eigenvalue weighted by molar-refractivity contribution is 6.31. The highest BCUT2D eigenvalue weighted by Crippen LogP contribution is 2.29. The van der Waals surface area contributed by atoms with Crippen LogP contribution in [0.2, 0.25) is 5.02 Å². The maximum absolute atomic E-state index is 12.6. The molecule has 3 heterocycles. The van der Waals surface area contributed by atoms with Gasteiger partial charge in [-0.05, 0) is 25.1 Å². The number of hydrogen-bond donors (Lipinski definition) is 2. The molecule has 0 bridgehead atoms. The van der Waals surface area contributed by atoms with Crippen LogP contribution in [0.3, 0.4) is 0 Å². The van der Waals surface area contributed by atoms with E-state index in [1.54, 1.807) is 24.2 Å². The number of nitrogens with one attached hydrogen (secondary N) is 2. The molecule has 8 nitrogen and oxygen atoms in total. The fraction of sp³-hybridized carbons (Fsp3) is 0.263. The molecule has 1 aromatic carbocycles. The van der Waals surface area contributed by atoms with Crippen LogP contribution in [0.15, 0.2) is 30.6 Å². The van der Waals surface area contributed by atoms with Gasteiger partial charge in [0.1, 0.15) is 16.9 Å². The third kappa shape index (κ3) is 3.21. The van der Waals surface area contributed by atoms with E-state index >= 15 is 0 Å². The Hall–Kier alpha value is -2.97. The molecule has 1 amide bonds.